The molecular formula is C22H25N3O3. The van der Waals surface area contributed by atoms with Crippen LogP contribution in [-0.2, 0) is 14.9 Å². The standard InChI is InChI=1S/C22H25N3O3/c1-15(25-13-4-14-28-21(25)27)16-7-9-17(10-8-16)18-5-3-6-19(24-18)22(11-12-22)20(26)23-2/h3,5-10,15H,4,11-14H2,1-2H3,(H,23,26)/t15-/m0/s1. The average molecular weight is 379 g/mol. The number of cyclic esters (lactones) is 1. The number of rotatable bonds is 5. The first-order chi connectivity index (χ1) is 13.5. The third-order valence-electron chi connectivity index (χ3n) is 5.81. The quantitative estimate of drug-likeness (QED) is 0.864. The van der Waals surface area contributed by atoms with Crippen LogP contribution < -0.4 is 5.32 Å². The van der Waals surface area contributed by atoms with Crippen molar-refractivity contribution in [3.8, 4) is 11.3 Å². The van der Waals surface area contributed by atoms with Crippen molar-refractivity contribution >= 4 is 12.0 Å². The molecule has 1 aliphatic heterocycles. The van der Waals surface area contributed by atoms with Crippen molar-refractivity contribution in [1.82, 2.24) is 15.2 Å². The molecule has 1 atom stereocenters. The van der Waals surface area contributed by atoms with E-state index in [4.69, 9.17) is 9.72 Å². The summed E-state index contributed by atoms with van der Waals surface area (Å²) >= 11 is 0. The van der Waals surface area contributed by atoms with Crippen LogP contribution in [0.2, 0.25) is 0 Å². The van der Waals surface area contributed by atoms with Gasteiger partial charge in [-0.15, -0.1) is 0 Å². The van der Waals surface area contributed by atoms with Gasteiger partial charge in [0.25, 0.3) is 0 Å². The fourth-order valence-electron chi connectivity index (χ4n) is 3.86. The Morgan fingerprint density at radius 3 is 2.61 bits per heavy atom. The predicted octanol–water partition coefficient (Wildman–Crippen LogP) is 3.43. The second kappa shape index (κ2) is 7.26. The summed E-state index contributed by atoms with van der Waals surface area (Å²) in [5, 5.41) is 2.76. The monoisotopic (exact) mass is 379 g/mol. The molecule has 0 bridgehead atoms. The third-order valence-corrected chi connectivity index (χ3v) is 5.81. The average Bonchev–Trinajstić information content (AvgIpc) is 3.55. The molecular weight excluding hydrogens is 354 g/mol. The molecule has 2 fully saturated rings. The molecule has 1 aliphatic carbocycles. The maximum Gasteiger partial charge on any atom is 0.410 e. The molecule has 2 aromatic rings. The number of aromatic nitrogens is 1. The maximum absolute atomic E-state index is 12.2. The number of carbonyl (C=O) groups excluding carboxylic acids is 2. The molecule has 1 saturated carbocycles. The van der Waals surface area contributed by atoms with E-state index >= 15 is 0 Å². The maximum atomic E-state index is 12.2. The molecule has 1 aromatic carbocycles. The highest BCUT2D eigenvalue weighted by Gasteiger charge is 2.52. The summed E-state index contributed by atoms with van der Waals surface area (Å²) in [4.78, 5) is 30.8. The van der Waals surface area contributed by atoms with E-state index in [0.29, 0.717) is 13.2 Å². The van der Waals surface area contributed by atoms with Gasteiger partial charge >= 0.3 is 6.09 Å². The molecule has 6 nitrogen and oxygen atoms in total. The highest BCUT2D eigenvalue weighted by Crippen LogP contribution is 2.47. The van der Waals surface area contributed by atoms with Crippen LogP contribution in [0.15, 0.2) is 42.5 Å². The molecule has 1 aromatic heterocycles. The summed E-state index contributed by atoms with van der Waals surface area (Å²) in [6.45, 7) is 3.23. The highest BCUT2D eigenvalue weighted by atomic mass is 16.6. The lowest BCUT2D eigenvalue weighted by atomic mass is 9.99. The Hall–Kier alpha value is -2.89. The second-order valence-electron chi connectivity index (χ2n) is 7.53. The van der Waals surface area contributed by atoms with E-state index in [-0.39, 0.29) is 18.0 Å². The van der Waals surface area contributed by atoms with Crippen molar-refractivity contribution in [3.05, 3.63) is 53.7 Å². The minimum absolute atomic E-state index is 0.0368. The van der Waals surface area contributed by atoms with Crippen LogP contribution in [0.25, 0.3) is 11.3 Å². The molecule has 0 radical (unpaired) electrons. The van der Waals surface area contributed by atoms with E-state index in [1.54, 1.807) is 11.9 Å². The van der Waals surface area contributed by atoms with Crippen LogP contribution in [0.5, 0.6) is 0 Å². The smallest absolute Gasteiger partial charge is 0.410 e. The van der Waals surface area contributed by atoms with E-state index in [1.165, 1.54) is 0 Å². The first kappa shape index (κ1) is 18.5. The topological polar surface area (TPSA) is 71.5 Å². The van der Waals surface area contributed by atoms with Crippen LogP contribution in [0.3, 0.4) is 0 Å². The van der Waals surface area contributed by atoms with Crippen LogP contribution in [-0.4, -0.2) is 42.1 Å². The van der Waals surface area contributed by atoms with Crippen molar-refractivity contribution in [2.75, 3.05) is 20.2 Å². The molecule has 0 unspecified atom stereocenters. The van der Waals surface area contributed by atoms with Gasteiger partial charge in [-0.05, 0) is 43.9 Å². The number of likely N-dealkylation sites (N-methyl/N-ethyl adjacent to an activating group) is 1. The van der Waals surface area contributed by atoms with Gasteiger partial charge in [0.05, 0.1) is 29.5 Å². The Labute approximate surface area is 164 Å². The lowest BCUT2D eigenvalue weighted by Crippen LogP contribution is -2.39. The fraction of sp³-hybridized carbons (Fsp3) is 0.409. The van der Waals surface area contributed by atoms with Crippen LogP contribution >= 0.6 is 0 Å². The number of nitrogens with zero attached hydrogens (tertiary/aromatic N) is 2. The first-order valence-corrected chi connectivity index (χ1v) is 9.78. The molecule has 0 spiro atoms. The van der Waals surface area contributed by atoms with Crippen LogP contribution in [0.1, 0.15) is 43.5 Å². The van der Waals surface area contributed by atoms with Gasteiger partial charge in [-0.3, -0.25) is 9.78 Å². The lowest BCUT2D eigenvalue weighted by Gasteiger charge is -2.32. The number of hydrogen-bond donors (Lipinski definition) is 1. The minimum atomic E-state index is -0.464. The number of hydrogen-bond acceptors (Lipinski definition) is 4. The van der Waals surface area contributed by atoms with Gasteiger partial charge in [0.15, 0.2) is 0 Å². The molecule has 1 N–H and O–H groups in total. The highest BCUT2D eigenvalue weighted by molar-refractivity contribution is 5.90. The normalized spacial score (nSPS) is 18.9. The van der Waals surface area contributed by atoms with Gasteiger partial charge in [0.1, 0.15) is 0 Å². The van der Waals surface area contributed by atoms with E-state index in [0.717, 1.165) is 41.8 Å². The summed E-state index contributed by atoms with van der Waals surface area (Å²) < 4.78 is 5.15. The Morgan fingerprint density at radius 2 is 1.96 bits per heavy atom. The fourth-order valence-corrected chi connectivity index (χ4v) is 3.86. The Morgan fingerprint density at radius 1 is 1.21 bits per heavy atom. The van der Waals surface area contributed by atoms with E-state index in [9.17, 15) is 9.59 Å². The minimum Gasteiger partial charge on any atom is -0.449 e. The molecule has 6 heteroatoms. The van der Waals surface area contributed by atoms with E-state index in [2.05, 4.69) is 5.32 Å². The first-order valence-electron chi connectivity index (χ1n) is 9.78. The van der Waals surface area contributed by atoms with Crippen molar-refractivity contribution < 1.29 is 14.3 Å². The van der Waals surface area contributed by atoms with Gasteiger partial charge in [-0.2, -0.15) is 0 Å². The predicted molar refractivity (Wildman–Crippen MR) is 106 cm³/mol. The summed E-state index contributed by atoms with van der Waals surface area (Å²) in [5.41, 5.74) is 3.27. The SMILES string of the molecule is CNC(=O)C1(c2cccc(-c3ccc([C@H](C)N4CCCOC4=O)cc3)n2)CC1. The Balaban J connectivity index is 1.55. The summed E-state index contributed by atoms with van der Waals surface area (Å²) in [6.07, 6.45) is 2.29. The molecule has 2 aliphatic rings. The zero-order valence-corrected chi connectivity index (χ0v) is 16.3. The number of pyridine rings is 1. The number of amides is 2. The van der Waals surface area contributed by atoms with Crippen molar-refractivity contribution in [2.24, 2.45) is 0 Å². The molecule has 1 saturated heterocycles. The lowest BCUT2D eigenvalue weighted by molar-refractivity contribution is -0.123. The van der Waals surface area contributed by atoms with Crippen molar-refractivity contribution in [2.45, 2.75) is 37.6 Å². The largest absolute Gasteiger partial charge is 0.449 e. The molecule has 4 rings (SSSR count). The van der Waals surface area contributed by atoms with Gasteiger partial charge in [-0.1, -0.05) is 30.3 Å². The van der Waals surface area contributed by atoms with Crippen molar-refractivity contribution in [1.29, 1.82) is 0 Å². The summed E-state index contributed by atoms with van der Waals surface area (Å²) in [7, 11) is 1.67. The van der Waals surface area contributed by atoms with E-state index in [1.807, 2.05) is 49.4 Å². The molecule has 2 amide bonds. The van der Waals surface area contributed by atoms with Gasteiger partial charge in [0.2, 0.25) is 5.91 Å². The van der Waals surface area contributed by atoms with Gasteiger partial charge in [0, 0.05) is 19.2 Å². The number of nitrogens with one attached hydrogen (secondary N) is 1. The molecule has 2 heterocycles. The Bertz CT molecular complexity index is 890. The third kappa shape index (κ3) is 3.23. The number of benzene rings is 1. The number of carbonyl (C=O) groups is 2. The zero-order valence-electron chi connectivity index (χ0n) is 16.3. The molecule has 28 heavy (non-hydrogen) atoms. The van der Waals surface area contributed by atoms with Crippen molar-refractivity contribution in [3.63, 3.8) is 0 Å². The van der Waals surface area contributed by atoms with Gasteiger partial charge in [-0.25, -0.2) is 4.79 Å². The zero-order chi connectivity index (χ0) is 19.7. The van der Waals surface area contributed by atoms with E-state index < -0.39 is 5.41 Å². The van der Waals surface area contributed by atoms with Crippen LogP contribution in [0.4, 0.5) is 4.79 Å². The van der Waals surface area contributed by atoms with Crippen LogP contribution in [0, 0.1) is 0 Å². The second-order valence-corrected chi connectivity index (χ2v) is 7.53. The Kier molecular flexibility index (Phi) is 4.79. The summed E-state index contributed by atoms with van der Waals surface area (Å²) in [6, 6.07) is 13.9. The number of ether oxygens (including phenoxy) is 1. The summed E-state index contributed by atoms with van der Waals surface area (Å²) in [5.74, 6) is 0.0368. The molecule has 146 valence electrons. The van der Waals surface area contributed by atoms with Gasteiger partial charge < -0.3 is 15.0 Å².